The Balaban J connectivity index is 1.52. The maximum atomic E-state index is 12.7. The van der Waals surface area contributed by atoms with Gasteiger partial charge in [0.1, 0.15) is 25.0 Å². The Morgan fingerprint density at radius 2 is 1.92 bits per heavy atom. The Kier molecular flexibility index (Phi) is 8.22. The molecule has 2 amide bonds. The molecule has 3 aromatic heterocycles. The van der Waals surface area contributed by atoms with Gasteiger partial charge in [-0.25, -0.2) is 9.97 Å². The van der Waals surface area contributed by atoms with Crippen molar-refractivity contribution in [2.45, 2.75) is 44.7 Å². The first-order chi connectivity index (χ1) is 17.6. The van der Waals surface area contributed by atoms with Crippen molar-refractivity contribution in [1.82, 2.24) is 40.3 Å². The second-order valence-corrected chi connectivity index (χ2v) is 8.45. The van der Waals surface area contributed by atoms with Crippen LogP contribution in [0, 0.1) is 0 Å². The van der Waals surface area contributed by atoms with Crippen LogP contribution in [-0.4, -0.2) is 55.7 Å². The molecule has 1 unspecified atom stereocenters. The summed E-state index contributed by atoms with van der Waals surface area (Å²) >= 11 is 0. The highest BCUT2D eigenvalue weighted by Gasteiger charge is 2.20. The Bertz CT molecular complexity index is 1300. The summed E-state index contributed by atoms with van der Waals surface area (Å²) in [7, 11) is 3.23. The van der Waals surface area contributed by atoms with Gasteiger partial charge in [-0.2, -0.15) is 0 Å². The first-order valence-electron chi connectivity index (χ1n) is 11.9. The van der Waals surface area contributed by atoms with Crippen LogP contribution in [0.4, 0.5) is 0 Å². The smallest absolute Gasteiger partial charge is 0.240 e. The van der Waals surface area contributed by atoms with Crippen LogP contribution in [0.15, 0.2) is 49.2 Å². The highest BCUT2D eigenvalue weighted by molar-refractivity contribution is 5.85. The summed E-state index contributed by atoms with van der Waals surface area (Å²) in [5.41, 5.74) is 2.38. The van der Waals surface area contributed by atoms with Gasteiger partial charge in [-0.3, -0.25) is 9.59 Å². The number of carbonyl (C=O) groups is 2. The predicted molar refractivity (Wildman–Crippen MR) is 134 cm³/mol. The SMILES string of the molecule is CNC(=O)CCCCCC(NC(=O)Cn1cnnc1)c1ncc(-c2cc3ccccc3nc2OC)[nH]1. The summed E-state index contributed by atoms with van der Waals surface area (Å²) in [6.45, 7) is 0.107. The van der Waals surface area contributed by atoms with Gasteiger partial charge in [0, 0.05) is 18.9 Å². The molecular formula is C25H30N8O3. The summed E-state index contributed by atoms with van der Waals surface area (Å²) in [6, 6.07) is 9.51. The zero-order chi connectivity index (χ0) is 25.3. The number of nitrogens with one attached hydrogen (secondary N) is 3. The number of ether oxygens (including phenoxy) is 1. The highest BCUT2D eigenvalue weighted by Crippen LogP contribution is 2.31. The van der Waals surface area contributed by atoms with Crippen molar-refractivity contribution in [3.63, 3.8) is 0 Å². The van der Waals surface area contributed by atoms with Gasteiger partial charge in [0.05, 0.1) is 36.1 Å². The van der Waals surface area contributed by atoms with E-state index in [1.807, 2.05) is 30.3 Å². The van der Waals surface area contributed by atoms with Gasteiger partial charge >= 0.3 is 0 Å². The Morgan fingerprint density at radius 3 is 2.69 bits per heavy atom. The Morgan fingerprint density at radius 1 is 1.11 bits per heavy atom. The molecule has 4 aromatic rings. The van der Waals surface area contributed by atoms with Gasteiger partial charge in [-0.1, -0.05) is 31.0 Å². The molecule has 0 spiro atoms. The van der Waals surface area contributed by atoms with Crippen LogP contribution < -0.4 is 15.4 Å². The third-order valence-electron chi connectivity index (χ3n) is 5.90. The predicted octanol–water partition coefficient (Wildman–Crippen LogP) is 2.78. The maximum Gasteiger partial charge on any atom is 0.240 e. The third kappa shape index (κ3) is 6.23. The van der Waals surface area contributed by atoms with Crippen LogP contribution in [-0.2, 0) is 16.1 Å². The molecule has 11 nitrogen and oxygen atoms in total. The summed E-state index contributed by atoms with van der Waals surface area (Å²) < 4.78 is 7.15. The average Bonchev–Trinajstić information content (AvgIpc) is 3.59. The number of fused-ring (bicyclic) bond motifs is 1. The molecule has 11 heteroatoms. The average molecular weight is 491 g/mol. The first kappa shape index (κ1) is 24.8. The fourth-order valence-corrected chi connectivity index (χ4v) is 4.02. The van der Waals surface area contributed by atoms with E-state index in [1.54, 1.807) is 24.9 Å². The van der Waals surface area contributed by atoms with E-state index in [-0.39, 0.29) is 24.4 Å². The summed E-state index contributed by atoms with van der Waals surface area (Å²) in [5, 5.41) is 14.2. The number of rotatable bonds is 12. The van der Waals surface area contributed by atoms with Gasteiger partial charge in [0.2, 0.25) is 17.7 Å². The minimum atomic E-state index is -0.331. The molecule has 0 saturated carbocycles. The minimum absolute atomic E-state index is 0.0300. The zero-order valence-electron chi connectivity index (χ0n) is 20.4. The fraction of sp³-hybridized carbons (Fsp3) is 0.360. The lowest BCUT2D eigenvalue weighted by Crippen LogP contribution is -2.32. The van der Waals surface area contributed by atoms with Crippen molar-refractivity contribution in [3.05, 3.63) is 55.0 Å². The molecule has 4 rings (SSSR count). The number of amides is 2. The topological polar surface area (TPSA) is 140 Å². The fourth-order valence-electron chi connectivity index (χ4n) is 4.02. The van der Waals surface area contributed by atoms with Gasteiger partial charge in [0.15, 0.2) is 0 Å². The molecule has 3 heterocycles. The number of methoxy groups -OCH3 is 1. The number of carbonyl (C=O) groups excluding carboxylic acids is 2. The number of nitrogens with zero attached hydrogens (tertiary/aromatic N) is 5. The highest BCUT2D eigenvalue weighted by atomic mass is 16.5. The van der Waals surface area contributed by atoms with Crippen molar-refractivity contribution in [3.8, 4) is 17.1 Å². The molecular weight excluding hydrogens is 460 g/mol. The number of imidazole rings is 1. The van der Waals surface area contributed by atoms with Crippen molar-refractivity contribution < 1.29 is 14.3 Å². The van der Waals surface area contributed by atoms with Crippen LogP contribution in [0.3, 0.4) is 0 Å². The van der Waals surface area contributed by atoms with E-state index in [2.05, 4.69) is 35.8 Å². The van der Waals surface area contributed by atoms with E-state index in [4.69, 9.17) is 4.74 Å². The minimum Gasteiger partial charge on any atom is -0.480 e. The number of aromatic amines is 1. The number of unbranched alkanes of at least 4 members (excludes halogenated alkanes) is 2. The van der Waals surface area contributed by atoms with Crippen molar-refractivity contribution in [2.75, 3.05) is 14.2 Å². The molecule has 3 N–H and O–H groups in total. The molecule has 0 saturated heterocycles. The number of para-hydroxylation sites is 1. The number of aromatic nitrogens is 6. The van der Waals surface area contributed by atoms with Crippen LogP contribution >= 0.6 is 0 Å². The van der Waals surface area contributed by atoms with Crippen LogP contribution in [0.1, 0.15) is 44.0 Å². The van der Waals surface area contributed by atoms with E-state index >= 15 is 0 Å². The summed E-state index contributed by atoms with van der Waals surface area (Å²) in [4.78, 5) is 36.8. The van der Waals surface area contributed by atoms with Crippen molar-refractivity contribution in [1.29, 1.82) is 0 Å². The molecule has 0 radical (unpaired) electrons. The third-order valence-corrected chi connectivity index (χ3v) is 5.90. The summed E-state index contributed by atoms with van der Waals surface area (Å²) in [5.74, 6) is 0.991. The molecule has 0 aliphatic carbocycles. The molecule has 0 fully saturated rings. The van der Waals surface area contributed by atoms with E-state index in [0.717, 1.165) is 41.4 Å². The number of pyridine rings is 1. The number of benzene rings is 1. The van der Waals surface area contributed by atoms with Crippen molar-refractivity contribution in [2.24, 2.45) is 0 Å². The number of hydrogen-bond donors (Lipinski definition) is 3. The summed E-state index contributed by atoms with van der Waals surface area (Å²) in [6.07, 6.45) is 8.35. The Labute approximate surface area is 208 Å². The van der Waals surface area contributed by atoms with Crippen LogP contribution in [0.5, 0.6) is 5.88 Å². The largest absolute Gasteiger partial charge is 0.480 e. The molecule has 188 valence electrons. The van der Waals surface area contributed by atoms with E-state index in [0.29, 0.717) is 24.5 Å². The second-order valence-electron chi connectivity index (χ2n) is 8.45. The van der Waals surface area contributed by atoms with Crippen molar-refractivity contribution >= 4 is 22.7 Å². The second kappa shape index (κ2) is 11.9. The van der Waals surface area contributed by atoms with Gasteiger partial charge in [-0.15, -0.1) is 10.2 Å². The maximum absolute atomic E-state index is 12.7. The standard InChI is InChI=1S/C25H30N8O3/c1-26-22(34)11-5-3-4-10-20(30-23(35)14-33-15-28-29-16-33)24-27-13-21(31-24)18-12-17-8-6-7-9-19(17)32-25(18)36-2/h6-9,12-13,15-16,20H,3-5,10-11,14H2,1-2H3,(H,26,34)(H,27,31)(H,30,35). The Hall–Kier alpha value is -4.28. The normalized spacial score (nSPS) is 11.8. The lowest BCUT2D eigenvalue weighted by Gasteiger charge is -2.17. The number of hydrogen-bond acceptors (Lipinski definition) is 7. The quantitative estimate of drug-likeness (QED) is 0.259. The number of H-pyrrole nitrogens is 1. The van der Waals surface area contributed by atoms with E-state index in [9.17, 15) is 9.59 Å². The van der Waals surface area contributed by atoms with E-state index in [1.165, 1.54) is 12.7 Å². The molecule has 0 bridgehead atoms. The lowest BCUT2D eigenvalue weighted by atomic mass is 10.1. The van der Waals surface area contributed by atoms with Crippen LogP contribution in [0.2, 0.25) is 0 Å². The monoisotopic (exact) mass is 490 g/mol. The molecule has 1 atom stereocenters. The van der Waals surface area contributed by atoms with Gasteiger partial charge in [0.25, 0.3) is 0 Å². The van der Waals surface area contributed by atoms with E-state index < -0.39 is 0 Å². The lowest BCUT2D eigenvalue weighted by molar-refractivity contribution is -0.122. The molecule has 0 aliphatic heterocycles. The first-order valence-corrected chi connectivity index (χ1v) is 11.9. The molecule has 36 heavy (non-hydrogen) atoms. The zero-order valence-corrected chi connectivity index (χ0v) is 20.4. The van der Waals surface area contributed by atoms with Crippen LogP contribution in [0.25, 0.3) is 22.2 Å². The van der Waals surface area contributed by atoms with Gasteiger partial charge in [-0.05, 0) is 25.0 Å². The molecule has 0 aliphatic rings. The van der Waals surface area contributed by atoms with Gasteiger partial charge < -0.3 is 24.9 Å². The molecule has 1 aromatic carbocycles.